The van der Waals surface area contributed by atoms with Crippen molar-refractivity contribution in [3.05, 3.63) is 71.4 Å². The first kappa shape index (κ1) is 15.5. The first-order valence-corrected chi connectivity index (χ1v) is 7.97. The van der Waals surface area contributed by atoms with Gasteiger partial charge in [0.25, 0.3) is 0 Å². The molecule has 0 saturated carbocycles. The Bertz CT molecular complexity index is 1080. The summed E-state index contributed by atoms with van der Waals surface area (Å²) < 4.78 is 15.2. The minimum Gasteiger partial charge on any atom is -0.339 e. The van der Waals surface area contributed by atoms with Crippen LogP contribution < -0.4 is 5.32 Å². The van der Waals surface area contributed by atoms with E-state index in [2.05, 4.69) is 20.4 Å². The molecule has 25 heavy (non-hydrogen) atoms. The minimum absolute atomic E-state index is 0.312. The lowest BCUT2D eigenvalue weighted by molar-refractivity contribution is 0.628. The van der Waals surface area contributed by atoms with E-state index < -0.39 is 0 Å². The molecule has 2 aromatic heterocycles. The van der Waals surface area contributed by atoms with Gasteiger partial charge in [-0.2, -0.15) is 5.10 Å². The summed E-state index contributed by atoms with van der Waals surface area (Å²) in [5, 5.41) is 8.89. The first-order chi connectivity index (χ1) is 12.1. The van der Waals surface area contributed by atoms with Crippen molar-refractivity contribution in [1.82, 2.24) is 19.7 Å². The average Bonchev–Trinajstić information content (AvgIpc) is 3.03. The molecule has 0 fully saturated rings. The number of aryl methyl sites for hydroxylation is 1. The maximum atomic E-state index is 13.5. The molecule has 0 aliphatic rings. The number of hydrogen-bond acceptors (Lipinski definition) is 4. The van der Waals surface area contributed by atoms with Crippen molar-refractivity contribution < 1.29 is 4.39 Å². The van der Waals surface area contributed by atoms with Gasteiger partial charge in [-0.15, -0.1) is 0 Å². The Morgan fingerprint density at radius 1 is 1.12 bits per heavy atom. The van der Waals surface area contributed by atoms with Gasteiger partial charge in [0, 0.05) is 10.7 Å². The SMILES string of the molecule is Cc1ccc(F)cc1Nc1ncnc2c1cnn2-c1cccc(Cl)c1. The van der Waals surface area contributed by atoms with Gasteiger partial charge in [0.1, 0.15) is 18.0 Å². The summed E-state index contributed by atoms with van der Waals surface area (Å²) in [5.74, 6) is 0.250. The van der Waals surface area contributed by atoms with E-state index in [9.17, 15) is 4.39 Å². The van der Waals surface area contributed by atoms with Crippen LogP contribution in [-0.4, -0.2) is 19.7 Å². The van der Waals surface area contributed by atoms with Gasteiger partial charge in [-0.3, -0.25) is 0 Å². The molecule has 2 aromatic carbocycles. The molecule has 0 bridgehead atoms. The fraction of sp³-hybridized carbons (Fsp3) is 0.0556. The van der Waals surface area contributed by atoms with E-state index >= 15 is 0 Å². The molecular weight excluding hydrogens is 341 g/mol. The highest BCUT2D eigenvalue weighted by Gasteiger charge is 2.12. The van der Waals surface area contributed by atoms with Gasteiger partial charge in [-0.25, -0.2) is 19.0 Å². The van der Waals surface area contributed by atoms with Crippen molar-refractivity contribution >= 4 is 34.1 Å². The lowest BCUT2D eigenvalue weighted by Gasteiger charge is -2.09. The fourth-order valence-corrected chi connectivity index (χ4v) is 2.78. The normalized spacial score (nSPS) is 11.0. The molecule has 4 rings (SSSR count). The summed E-state index contributed by atoms with van der Waals surface area (Å²) in [5.41, 5.74) is 2.99. The van der Waals surface area contributed by atoms with Gasteiger partial charge in [0.2, 0.25) is 0 Å². The van der Waals surface area contributed by atoms with E-state index in [1.54, 1.807) is 29.1 Å². The number of halogens is 2. The van der Waals surface area contributed by atoms with E-state index in [1.165, 1.54) is 18.5 Å². The monoisotopic (exact) mass is 353 g/mol. The van der Waals surface area contributed by atoms with Crippen molar-refractivity contribution in [2.24, 2.45) is 0 Å². The number of hydrogen-bond donors (Lipinski definition) is 1. The third-order valence-corrected chi connectivity index (χ3v) is 4.11. The largest absolute Gasteiger partial charge is 0.339 e. The van der Waals surface area contributed by atoms with Crippen molar-refractivity contribution in [3.8, 4) is 5.69 Å². The molecule has 0 aliphatic carbocycles. The zero-order valence-electron chi connectivity index (χ0n) is 13.2. The predicted molar refractivity (Wildman–Crippen MR) is 96.1 cm³/mol. The van der Waals surface area contributed by atoms with E-state index in [0.717, 1.165) is 16.6 Å². The second-order valence-electron chi connectivity index (χ2n) is 5.58. The van der Waals surface area contributed by atoms with Crippen molar-refractivity contribution in [2.45, 2.75) is 6.92 Å². The van der Waals surface area contributed by atoms with Crippen LogP contribution in [0.1, 0.15) is 5.56 Å². The molecule has 0 spiro atoms. The van der Waals surface area contributed by atoms with E-state index in [1.807, 2.05) is 19.1 Å². The average molecular weight is 354 g/mol. The van der Waals surface area contributed by atoms with Crippen LogP contribution in [0.4, 0.5) is 15.9 Å². The Kier molecular flexibility index (Phi) is 3.82. The first-order valence-electron chi connectivity index (χ1n) is 7.60. The van der Waals surface area contributed by atoms with Gasteiger partial charge in [0.15, 0.2) is 5.65 Å². The number of rotatable bonds is 3. The summed E-state index contributed by atoms with van der Waals surface area (Å²) in [7, 11) is 0. The molecule has 0 saturated heterocycles. The summed E-state index contributed by atoms with van der Waals surface area (Å²) >= 11 is 6.06. The Balaban J connectivity index is 1.80. The predicted octanol–water partition coefficient (Wildman–Crippen LogP) is 4.66. The van der Waals surface area contributed by atoms with Gasteiger partial charge in [0.05, 0.1) is 17.3 Å². The summed E-state index contributed by atoms with van der Waals surface area (Å²) in [6.07, 6.45) is 3.12. The molecule has 124 valence electrons. The highest BCUT2D eigenvalue weighted by molar-refractivity contribution is 6.30. The van der Waals surface area contributed by atoms with Gasteiger partial charge in [-0.05, 0) is 42.8 Å². The Morgan fingerprint density at radius 2 is 2.00 bits per heavy atom. The topological polar surface area (TPSA) is 55.6 Å². The summed E-state index contributed by atoms with van der Waals surface area (Å²) in [6.45, 7) is 1.90. The molecule has 7 heteroatoms. The fourth-order valence-electron chi connectivity index (χ4n) is 2.60. The quantitative estimate of drug-likeness (QED) is 0.582. The van der Waals surface area contributed by atoms with Crippen LogP contribution in [0, 0.1) is 12.7 Å². The zero-order valence-corrected chi connectivity index (χ0v) is 14.0. The minimum atomic E-state index is -0.312. The summed E-state index contributed by atoms with van der Waals surface area (Å²) in [4.78, 5) is 8.60. The molecule has 4 aromatic rings. The molecule has 5 nitrogen and oxygen atoms in total. The van der Waals surface area contributed by atoms with Crippen LogP contribution >= 0.6 is 11.6 Å². The molecular formula is C18H13ClFN5. The Hall–Kier alpha value is -2.99. The molecule has 0 atom stereocenters. The lowest BCUT2D eigenvalue weighted by Crippen LogP contribution is -2.00. The van der Waals surface area contributed by atoms with E-state index in [4.69, 9.17) is 11.6 Å². The molecule has 0 amide bonds. The highest BCUT2D eigenvalue weighted by Crippen LogP contribution is 2.27. The van der Waals surface area contributed by atoms with Crippen LogP contribution in [0.15, 0.2) is 55.0 Å². The molecule has 2 heterocycles. The standard InChI is InChI=1S/C18H13ClFN5/c1-11-5-6-13(20)8-16(11)24-17-15-9-23-25(18(15)22-10-21-17)14-4-2-3-12(19)7-14/h2-10H,1H3,(H,21,22,24). The molecule has 0 radical (unpaired) electrons. The Labute approximate surface area is 148 Å². The maximum Gasteiger partial charge on any atom is 0.168 e. The van der Waals surface area contributed by atoms with Gasteiger partial charge < -0.3 is 5.32 Å². The molecule has 0 aliphatic heterocycles. The molecule has 1 N–H and O–H groups in total. The third kappa shape index (κ3) is 2.92. The second kappa shape index (κ2) is 6.14. The maximum absolute atomic E-state index is 13.5. The van der Waals surface area contributed by atoms with Crippen LogP contribution in [-0.2, 0) is 0 Å². The number of benzene rings is 2. The second-order valence-corrected chi connectivity index (χ2v) is 6.02. The zero-order chi connectivity index (χ0) is 17.4. The van der Waals surface area contributed by atoms with Crippen molar-refractivity contribution in [2.75, 3.05) is 5.32 Å². The van der Waals surface area contributed by atoms with Gasteiger partial charge >= 0.3 is 0 Å². The molecule has 0 unspecified atom stereocenters. The van der Waals surface area contributed by atoms with Crippen LogP contribution in [0.3, 0.4) is 0 Å². The van der Waals surface area contributed by atoms with E-state index in [-0.39, 0.29) is 5.82 Å². The van der Waals surface area contributed by atoms with Crippen molar-refractivity contribution in [3.63, 3.8) is 0 Å². The summed E-state index contributed by atoms with van der Waals surface area (Å²) in [6, 6.07) is 11.9. The third-order valence-electron chi connectivity index (χ3n) is 3.87. The number of aromatic nitrogens is 4. The number of nitrogens with one attached hydrogen (secondary N) is 1. The highest BCUT2D eigenvalue weighted by atomic mass is 35.5. The number of fused-ring (bicyclic) bond motifs is 1. The van der Waals surface area contributed by atoms with Crippen LogP contribution in [0.5, 0.6) is 0 Å². The lowest BCUT2D eigenvalue weighted by atomic mass is 10.2. The smallest absolute Gasteiger partial charge is 0.168 e. The van der Waals surface area contributed by atoms with Crippen LogP contribution in [0.2, 0.25) is 5.02 Å². The number of nitrogens with zero attached hydrogens (tertiary/aromatic N) is 4. The Morgan fingerprint density at radius 3 is 2.84 bits per heavy atom. The van der Waals surface area contributed by atoms with E-state index in [0.29, 0.717) is 22.2 Å². The van der Waals surface area contributed by atoms with Gasteiger partial charge in [-0.1, -0.05) is 23.7 Å². The van der Waals surface area contributed by atoms with Crippen LogP contribution in [0.25, 0.3) is 16.7 Å². The van der Waals surface area contributed by atoms with Crippen molar-refractivity contribution in [1.29, 1.82) is 0 Å². The number of anilines is 2.